The SMILES string of the molecule is Cc1ccc(NC(=O)Nc2c(C)nc(N3CCOCC3)nc2C)cc1Cl. The zero-order valence-electron chi connectivity index (χ0n) is 15.1. The number of morpholine rings is 1. The summed E-state index contributed by atoms with van der Waals surface area (Å²) in [5.74, 6) is 0.666. The Balaban J connectivity index is 1.72. The van der Waals surface area contributed by atoms with Crippen molar-refractivity contribution in [3.63, 3.8) is 0 Å². The number of ether oxygens (including phenoxy) is 1. The zero-order chi connectivity index (χ0) is 18.7. The summed E-state index contributed by atoms with van der Waals surface area (Å²) < 4.78 is 5.36. The number of halogens is 1. The highest BCUT2D eigenvalue weighted by Crippen LogP contribution is 2.23. The number of carbonyl (C=O) groups excluding carboxylic acids is 1. The molecule has 2 N–H and O–H groups in total. The Labute approximate surface area is 157 Å². The normalized spacial score (nSPS) is 14.2. The van der Waals surface area contributed by atoms with E-state index >= 15 is 0 Å². The molecule has 0 unspecified atom stereocenters. The molecule has 2 heterocycles. The largest absolute Gasteiger partial charge is 0.378 e. The van der Waals surface area contributed by atoms with Crippen LogP contribution in [0.1, 0.15) is 17.0 Å². The van der Waals surface area contributed by atoms with E-state index in [-0.39, 0.29) is 6.03 Å². The van der Waals surface area contributed by atoms with Crippen LogP contribution in [0.4, 0.5) is 22.1 Å². The van der Waals surface area contributed by atoms with E-state index in [0.29, 0.717) is 35.6 Å². The molecule has 3 rings (SSSR count). The first kappa shape index (κ1) is 18.4. The maximum Gasteiger partial charge on any atom is 0.323 e. The van der Waals surface area contributed by atoms with Crippen molar-refractivity contribution in [3.05, 3.63) is 40.2 Å². The van der Waals surface area contributed by atoms with Gasteiger partial charge in [-0.2, -0.15) is 0 Å². The van der Waals surface area contributed by atoms with Gasteiger partial charge in [0.15, 0.2) is 0 Å². The van der Waals surface area contributed by atoms with Crippen LogP contribution < -0.4 is 15.5 Å². The molecule has 1 aliphatic heterocycles. The lowest BCUT2D eigenvalue weighted by Crippen LogP contribution is -2.37. The maximum atomic E-state index is 12.3. The van der Waals surface area contributed by atoms with Gasteiger partial charge in [-0.05, 0) is 38.5 Å². The molecular formula is C18H22ClN5O2. The monoisotopic (exact) mass is 375 g/mol. The van der Waals surface area contributed by atoms with Gasteiger partial charge in [0.2, 0.25) is 5.95 Å². The second-order valence-corrected chi connectivity index (χ2v) is 6.62. The summed E-state index contributed by atoms with van der Waals surface area (Å²) in [6.07, 6.45) is 0. The molecule has 0 saturated carbocycles. The van der Waals surface area contributed by atoms with E-state index in [1.165, 1.54) is 0 Å². The van der Waals surface area contributed by atoms with Crippen LogP contribution in [0.3, 0.4) is 0 Å². The minimum absolute atomic E-state index is 0.362. The number of nitrogens with zero attached hydrogens (tertiary/aromatic N) is 3. The molecule has 7 nitrogen and oxygen atoms in total. The van der Waals surface area contributed by atoms with Gasteiger partial charge >= 0.3 is 6.03 Å². The van der Waals surface area contributed by atoms with Crippen LogP contribution in [0, 0.1) is 20.8 Å². The lowest BCUT2D eigenvalue weighted by molar-refractivity contribution is 0.122. The van der Waals surface area contributed by atoms with Gasteiger partial charge in [-0.3, -0.25) is 0 Å². The van der Waals surface area contributed by atoms with Crippen molar-refractivity contribution in [1.82, 2.24) is 9.97 Å². The highest BCUT2D eigenvalue weighted by Gasteiger charge is 2.17. The molecule has 1 fully saturated rings. The molecule has 0 radical (unpaired) electrons. The fourth-order valence-corrected chi connectivity index (χ4v) is 2.91. The highest BCUT2D eigenvalue weighted by molar-refractivity contribution is 6.31. The van der Waals surface area contributed by atoms with Crippen LogP contribution >= 0.6 is 11.6 Å². The fraction of sp³-hybridized carbons (Fsp3) is 0.389. The van der Waals surface area contributed by atoms with Gasteiger partial charge in [-0.1, -0.05) is 17.7 Å². The number of anilines is 3. The van der Waals surface area contributed by atoms with Gasteiger partial charge in [0.1, 0.15) is 0 Å². The quantitative estimate of drug-likeness (QED) is 0.857. The third kappa shape index (κ3) is 4.23. The van der Waals surface area contributed by atoms with Crippen molar-refractivity contribution >= 4 is 35.0 Å². The molecule has 26 heavy (non-hydrogen) atoms. The molecule has 0 atom stereocenters. The number of benzene rings is 1. The Kier molecular flexibility index (Phi) is 5.58. The van der Waals surface area contributed by atoms with Gasteiger partial charge in [-0.25, -0.2) is 14.8 Å². The molecule has 1 aliphatic rings. The topological polar surface area (TPSA) is 79.4 Å². The van der Waals surface area contributed by atoms with Crippen molar-refractivity contribution in [2.75, 3.05) is 41.8 Å². The van der Waals surface area contributed by atoms with Gasteiger partial charge in [-0.15, -0.1) is 0 Å². The van der Waals surface area contributed by atoms with E-state index < -0.39 is 0 Å². The van der Waals surface area contributed by atoms with E-state index in [2.05, 4.69) is 25.5 Å². The standard InChI is InChI=1S/C18H22ClN5O2/c1-11-4-5-14(10-15(11)19)22-18(25)23-16-12(2)20-17(21-13(16)3)24-6-8-26-9-7-24/h4-5,10H,6-9H2,1-3H3,(H2,22,23,25). The lowest BCUT2D eigenvalue weighted by Gasteiger charge is -2.27. The average molecular weight is 376 g/mol. The van der Waals surface area contributed by atoms with E-state index in [1.54, 1.807) is 12.1 Å². The molecule has 0 aliphatic carbocycles. The molecular weight excluding hydrogens is 354 g/mol. The molecule has 1 aromatic heterocycles. The smallest absolute Gasteiger partial charge is 0.323 e. The summed E-state index contributed by atoms with van der Waals surface area (Å²) >= 11 is 6.09. The van der Waals surface area contributed by atoms with Gasteiger partial charge in [0.25, 0.3) is 0 Å². The Morgan fingerprint density at radius 3 is 2.38 bits per heavy atom. The van der Waals surface area contributed by atoms with Crippen molar-refractivity contribution in [3.8, 4) is 0 Å². The highest BCUT2D eigenvalue weighted by atomic mass is 35.5. The first-order chi connectivity index (χ1) is 12.4. The Bertz CT molecular complexity index is 798. The molecule has 8 heteroatoms. The number of carbonyl (C=O) groups is 1. The summed E-state index contributed by atoms with van der Waals surface area (Å²) in [4.78, 5) is 23.5. The molecule has 0 bridgehead atoms. The maximum absolute atomic E-state index is 12.3. The minimum Gasteiger partial charge on any atom is -0.378 e. The van der Waals surface area contributed by atoms with E-state index in [1.807, 2.05) is 26.8 Å². The van der Waals surface area contributed by atoms with Crippen LogP contribution in [0.2, 0.25) is 5.02 Å². The Hall–Kier alpha value is -2.38. The number of hydrogen-bond donors (Lipinski definition) is 2. The minimum atomic E-state index is -0.362. The summed E-state index contributed by atoms with van der Waals surface area (Å²) in [5.41, 5.74) is 3.63. The Morgan fingerprint density at radius 1 is 1.12 bits per heavy atom. The van der Waals surface area contributed by atoms with Gasteiger partial charge in [0.05, 0.1) is 30.3 Å². The molecule has 0 spiro atoms. The molecule has 2 amide bonds. The second-order valence-electron chi connectivity index (χ2n) is 6.21. The van der Waals surface area contributed by atoms with Crippen LogP contribution in [0.15, 0.2) is 18.2 Å². The predicted molar refractivity (Wildman–Crippen MR) is 103 cm³/mol. The van der Waals surface area contributed by atoms with Crippen LogP contribution in [0.5, 0.6) is 0 Å². The van der Waals surface area contributed by atoms with Crippen molar-refractivity contribution in [2.24, 2.45) is 0 Å². The zero-order valence-corrected chi connectivity index (χ0v) is 15.9. The van der Waals surface area contributed by atoms with Crippen LogP contribution in [0.25, 0.3) is 0 Å². The van der Waals surface area contributed by atoms with Crippen molar-refractivity contribution in [2.45, 2.75) is 20.8 Å². The van der Waals surface area contributed by atoms with Crippen LogP contribution in [-0.4, -0.2) is 42.3 Å². The van der Waals surface area contributed by atoms with E-state index in [9.17, 15) is 4.79 Å². The number of hydrogen-bond acceptors (Lipinski definition) is 5. The summed E-state index contributed by atoms with van der Waals surface area (Å²) in [6.45, 7) is 8.49. The summed E-state index contributed by atoms with van der Waals surface area (Å²) in [5, 5.41) is 6.21. The van der Waals surface area contributed by atoms with E-state index in [0.717, 1.165) is 30.0 Å². The number of aryl methyl sites for hydroxylation is 3. The third-order valence-corrected chi connectivity index (χ3v) is 4.63. The molecule has 1 aromatic carbocycles. The number of rotatable bonds is 3. The fourth-order valence-electron chi connectivity index (χ4n) is 2.73. The van der Waals surface area contributed by atoms with Gasteiger partial charge < -0.3 is 20.3 Å². The number of amides is 2. The van der Waals surface area contributed by atoms with Crippen molar-refractivity contribution < 1.29 is 9.53 Å². The third-order valence-electron chi connectivity index (χ3n) is 4.22. The molecule has 2 aromatic rings. The number of urea groups is 1. The van der Waals surface area contributed by atoms with Crippen molar-refractivity contribution in [1.29, 1.82) is 0 Å². The first-order valence-electron chi connectivity index (χ1n) is 8.46. The summed E-state index contributed by atoms with van der Waals surface area (Å²) in [6, 6.07) is 5.01. The Morgan fingerprint density at radius 2 is 1.77 bits per heavy atom. The lowest BCUT2D eigenvalue weighted by atomic mass is 10.2. The van der Waals surface area contributed by atoms with Crippen LogP contribution in [-0.2, 0) is 4.74 Å². The second kappa shape index (κ2) is 7.88. The van der Waals surface area contributed by atoms with E-state index in [4.69, 9.17) is 16.3 Å². The summed E-state index contributed by atoms with van der Waals surface area (Å²) in [7, 11) is 0. The first-order valence-corrected chi connectivity index (χ1v) is 8.84. The van der Waals surface area contributed by atoms with Gasteiger partial charge in [0, 0.05) is 23.8 Å². The number of aromatic nitrogens is 2. The molecule has 1 saturated heterocycles. The number of nitrogens with one attached hydrogen (secondary N) is 2. The molecule has 138 valence electrons. The predicted octanol–water partition coefficient (Wildman–Crippen LogP) is 3.54. The average Bonchev–Trinajstić information content (AvgIpc) is 2.62.